The molecule has 4 rings (SSSR count). The Labute approximate surface area is 160 Å². The fourth-order valence-corrected chi connectivity index (χ4v) is 3.69. The van der Waals surface area contributed by atoms with Gasteiger partial charge >= 0.3 is 0 Å². The summed E-state index contributed by atoms with van der Waals surface area (Å²) in [6.07, 6.45) is 5.81. The van der Waals surface area contributed by atoms with Crippen LogP contribution in [-0.4, -0.2) is 9.97 Å². The number of aromatic nitrogens is 3. The molecule has 0 atom stereocenters. The van der Waals surface area contributed by atoms with Gasteiger partial charge in [-0.25, -0.2) is 4.57 Å². The monoisotopic (exact) mass is 354 g/mol. The minimum Gasteiger partial charge on any atom is -0.258 e. The van der Waals surface area contributed by atoms with Gasteiger partial charge in [-0.1, -0.05) is 23.8 Å². The molecule has 0 fully saturated rings. The van der Waals surface area contributed by atoms with Crippen molar-refractivity contribution in [1.29, 1.82) is 0 Å². The topological polar surface area (TPSA) is 29.7 Å². The van der Waals surface area contributed by atoms with E-state index in [1.807, 2.05) is 19.3 Å². The summed E-state index contributed by atoms with van der Waals surface area (Å²) >= 11 is 0. The lowest BCUT2D eigenvalue weighted by Gasteiger charge is -2.12. The van der Waals surface area contributed by atoms with Gasteiger partial charge in [-0.05, 0) is 56.3 Å². The molecular formula is C24H24N3+. The second-order valence-corrected chi connectivity index (χ2v) is 7.37. The fraction of sp³-hybridized carbons (Fsp3) is 0.208. The molecule has 0 amide bonds. The molecule has 134 valence electrons. The van der Waals surface area contributed by atoms with E-state index in [9.17, 15) is 0 Å². The van der Waals surface area contributed by atoms with Crippen LogP contribution in [-0.2, 0) is 7.05 Å². The largest absolute Gasteiger partial charge is 0.258 e. The number of fused-ring (bicyclic) bond motifs is 1. The number of pyridine rings is 1. The molecule has 0 aliphatic rings. The molecule has 27 heavy (non-hydrogen) atoms. The number of nitrogens with zero attached hydrogens (tertiary/aromatic N) is 3. The smallest absolute Gasteiger partial charge is 0.220 e. The van der Waals surface area contributed by atoms with E-state index < -0.39 is 0 Å². The zero-order valence-electron chi connectivity index (χ0n) is 16.5. The lowest BCUT2D eigenvalue weighted by molar-refractivity contribution is -0.659. The molecular weight excluding hydrogens is 330 g/mol. The molecule has 3 heteroatoms. The van der Waals surface area contributed by atoms with Crippen LogP contribution in [0.2, 0.25) is 0 Å². The Kier molecular flexibility index (Phi) is 4.23. The highest BCUT2D eigenvalue weighted by atomic mass is 14.9. The highest BCUT2D eigenvalue weighted by molar-refractivity contribution is 5.96. The zero-order chi connectivity index (χ0) is 19.1. The van der Waals surface area contributed by atoms with Crippen LogP contribution in [0.5, 0.6) is 0 Å². The Morgan fingerprint density at radius 2 is 1.67 bits per heavy atom. The van der Waals surface area contributed by atoms with E-state index in [1.54, 1.807) is 0 Å². The van der Waals surface area contributed by atoms with Gasteiger partial charge < -0.3 is 0 Å². The molecule has 2 aromatic heterocycles. The van der Waals surface area contributed by atoms with Crippen LogP contribution in [0.1, 0.15) is 22.4 Å². The third-order valence-corrected chi connectivity index (χ3v) is 5.28. The standard InChI is InChI=1S/C24H24N3/c1-15-10-16(2)18(4)21(11-15)24-22-12-20(23-14-25-17(3)13-26-23)7-6-19(22)8-9-27(24)5/h6-14H,1-5H3/q+1. The van der Waals surface area contributed by atoms with E-state index in [4.69, 9.17) is 0 Å². The lowest BCUT2D eigenvalue weighted by atomic mass is 9.94. The van der Waals surface area contributed by atoms with Crippen molar-refractivity contribution in [2.45, 2.75) is 27.7 Å². The summed E-state index contributed by atoms with van der Waals surface area (Å²) in [7, 11) is 2.12. The molecule has 2 heterocycles. The first-order valence-electron chi connectivity index (χ1n) is 9.23. The third-order valence-electron chi connectivity index (χ3n) is 5.28. The van der Waals surface area contributed by atoms with Gasteiger partial charge in [-0.3, -0.25) is 9.97 Å². The SMILES string of the molecule is Cc1cc(C)c(C)c(-c2c3cc(-c4cnc(C)cn4)ccc3cc[n+]2C)c1. The molecule has 0 saturated carbocycles. The van der Waals surface area contributed by atoms with Crippen molar-refractivity contribution in [3.8, 4) is 22.5 Å². The number of hydrogen-bond donors (Lipinski definition) is 0. The van der Waals surface area contributed by atoms with Crippen LogP contribution in [0, 0.1) is 27.7 Å². The molecule has 0 bridgehead atoms. The predicted molar refractivity (Wildman–Crippen MR) is 111 cm³/mol. The first-order valence-corrected chi connectivity index (χ1v) is 9.23. The first kappa shape index (κ1) is 17.3. The Bertz CT molecular complexity index is 1160. The summed E-state index contributed by atoms with van der Waals surface area (Å²) in [4.78, 5) is 8.96. The van der Waals surface area contributed by atoms with Gasteiger partial charge in [0.05, 0.1) is 28.5 Å². The number of aryl methyl sites for hydroxylation is 4. The molecule has 0 unspecified atom stereocenters. The summed E-state index contributed by atoms with van der Waals surface area (Å²) in [5.41, 5.74) is 9.36. The fourth-order valence-electron chi connectivity index (χ4n) is 3.69. The maximum absolute atomic E-state index is 4.56. The normalized spacial score (nSPS) is 11.1. The average molecular weight is 354 g/mol. The summed E-state index contributed by atoms with van der Waals surface area (Å²) in [5.74, 6) is 0. The van der Waals surface area contributed by atoms with Crippen molar-refractivity contribution in [1.82, 2.24) is 9.97 Å². The highest BCUT2D eigenvalue weighted by Gasteiger charge is 2.19. The van der Waals surface area contributed by atoms with Crippen molar-refractivity contribution < 1.29 is 4.57 Å². The summed E-state index contributed by atoms with van der Waals surface area (Å²) in [6, 6.07) is 13.2. The van der Waals surface area contributed by atoms with Crippen LogP contribution in [0.4, 0.5) is 0 Å². The zero-order valence-corrected chi connectivity index (χ0v) is 16.5. The summed E-state index contributed by atoms with van der Waals surface area (Å²) < 4.78 is 2.22. The molecule has 2 aromatic carbocycles. The minimum absolute atomic E-state index is 0.900. The Balaban J connectivity index is 2.02. The van der Waals surface area contributed by atoms with Gasteiger partial charge in [-0.15, -0.1) is 0 Å². The van der Waals surface area contributed by atoms with E-state index in [0.29, 0.717) is 0 Å². The maximum Gasteiger partial charge on any atom is 0.220 e. The molecule has 0 N–H and O–H groups in total. The van der Waals surface area contributed by atoms with Crippen molar-refractivity contribution in [2.75, 3.05) is 0 Å². The van der Waals surface area contributed by atoms with Gasteiger partial charge in [-0.2, -0.15) is 0 Å². The molecule has 0 spiro atoms. The number of benzene rings is 2. The van der Waals surface area contributed by atoms with Crippen LogP contribution in [0.3, 0.4) is 0 Å². The lowest BCUT2D eigenvalue weighted by Crippen LogP contribution is -2.30. The van der Waals surface area contributed by atoms with E-state index in [-0.39, 0.29) is 0 Å². The molecule has 0 radical (unpaired) electrons. The van der Waals surface area contributed by atoms with E-state index in [1.165, 1.54) is 38.7 Å². The van der Waals surface area contributed by atoms with Gasteiger partial charge in [0.15, 0.2) is 6.20 Å². The second-order valence-electron chi connectivity index (χ2n) is 7.37. The Morgan fingerprint density at radius 1 is 0.852 bits per heavy atom. The molecule has 0 saturated heterocycles. The number of rotatable bonds is 2. The van der Waals surface area contributed by atoms with Crippen molar-refractivity contribution in [2.24, 2.45) is 7.05 Å². The van der Waals surface area contributed by atoms with Crippen LogP contribution in [0.15, 0.2) is 55.0 Å². The van der Waals surface area contributed by atoms with Crippen LogP contribution >= 0.6 is 0 Å². The highest BCUT2D eigenvalue weighted by Crippen LogP contribution is 2.32. The van der Waals surface area contributed by atoms with Gasteiger partial charge in [0.1, 0.15) is 7.05 Å². The molecule has 3 nitrogen and oxygen atoms in total. The van der Waals surface area contributed by atoms with Gasteiger partial charge in [0, 0.05) is 17.8 Å². The van der Waals surface area contributed by atoms with Crippen molar-refractivity contribution in [3.63, 3.8) is 0 Å². The molecule has 4 aromatic rings. The third kappa shape index (κ3) is 3.10. The van der Waals surface area contributed by atoms with E-state index in [2.05, 4.69) is 84.9 Å². The van der Waals surface area contributed by atoms with Crippen molar-refractivity contribution in [3.05, 3.63) is 77.4 Å². The maximum atomic E-state index is 4.56. The minimum atomic E-state index is 0.900. The molecule has 0 aliphatic carbocycles. The van der Waals surface area contributed by atoms with Crippen LogP contribution < -0.4 is 4.57 Å². The van der Waals surface area contributed by atoms with E-state index in [0.717, 1.165) is 17.0 Å². The quantitative estimate of drug-likeness (QED) is 0.473. The summed E-state index contributed by atoms with van der Waals surface area (Å²) in [5, 5.41) is 2.46. The first-order chi connectivity index (χ1) is 12.9. The van der Waals surface area contributed by atoms with Gasteiger partial charge in [0.25, 0.3) is 0 Å². The summed E-state index contributed by atoms with van der Waals surface area (Å²) in [6.45, 7) is 8.51. The van der Waals surface area contributed by atoms with E-state index >= 15 is 0 Å². The second kappa shape index (κ2) is 6.58. The average Bonchev–Trinajstić information content (AvgIpc) is 2.65. The Hall–Kier alpha value is -3.07. The molecule has 0 aliphatic heterocycles. The van der Waals surface area contributed by atoms with Crippen LogP contribution in [0.25, 0.3) is 33.3 Å². The number of hydrogen-bond acceptors (Lipinski definition) is 2. The predicted octanol–water partition coefficient (Wildman–Crippen LogP) is 5.02. The van der Waals surface area contributed by atoms with Gasteiger partial charge in [0.2, 0.25) is 5.69 Å². The Morgan fingerprint density at radius 3 is 2.41 bits per heavy atom. The van der Waals surface area contributed by atoms with Crippen molar-refractivity contribution >= 4 is 10.8 Å².